The molecule has 0 bridgehead atoms. The number of amides is 1. The second-order valence-electron chi connectivity index (χ2n) is 9.43. The zero-order valence-electron chi connectivity index (χ0n) is 22.1. The van der Waals surface area contributed by atoms with Crippen LogP contribution in [0.2, 0.25) is 5.02 Å². The third-order valence-corrected chi connectivity index (χ3v) is 7.12. The standard InChI is InChI=1S/C30H22ClF5N4O2S/c31-18-3-1-17(2-4-18)22-11-9-21(42-22)10-12-23(41)38-30(43)37-19-5-7-20(8-6-19)39-13-15-40(16-14-39)29-27(35)25(33)24(32)26(34)28(29)36/h1-12H,13-16H2,(H2,37,38,41,43). The van der Waals surface area contributed by atoms with Gasteiger partial charge in [0.05, 0.1) is 0 Å². The van der Waals surface area contributed by atoms with Gasteiger partial charge in [-0.15, -0.1) is 0 Å². The van der Waals surface area contributed by atoms with Crippen LogP contribution < -0.4 is 20.4 Å². The van der Waals surface area contributed by atoms with Gasteiger partial charge in [-0.2, -0.15) is 0 Å². The lowest BCUT2D eigenvalue weighted by Gasteiger charge is -2.37. The Hall–Kier alpha value is -4.42. The number of hydrogen-bond donors (Lipinski definition) is 2. The minimum atomic E-state index is -2.18. The van der Waals surface area contributed by atoms with Crippen molar-refractivity contribution in [1.82, 2.24) is 5.32 Å². The lowest BCUT2D eigenvalue weighted by molar-refractivity contribution is -0.115. The highest BCUT2D eigenvalue weighted by molar-refractivity contribution is 7.80. The number of nitrogens with zero attached hydrogens (tertiary/aromatic N) is 2. The molecular formula is C30H22ClF5N4O2S. The van der Waals surface area contributed by atoms with E-state index in [2.05, 4.69) is 10.6 Å². The minimum absolute atomic E-state index is 0.0441. The number of halogens is 6. The van der Waals surface area contributed by atoms with Crippen molar-refractivity contribution >= 4 is 58.0 Å². The van der Waals surface area contributed by atoms with Gasteiger partial charge < -0.3 is 19.5 Å². The molecular weight excluding hydrogens is 611 g/mol. The second-order valence-corrected chi connectivity index (χ2v) is 10.3. The first-order valence-corrected chi connectivity index (χ1v) is 13.7. The van der Waals surface area contributed by atoms with Crippen molar-refractivity contribution in [1.29, 1.82) is 0 Å². The lowest BCUT2D eigenvalue weighted by atomic mass is 10.2. The highest BCUT2D eigenvalue weighted by atomic mass is 35.5. The summed E-state index contributed by atoms with van der Waals surface area (Å²) in [5, 5.41) is 6.14. The SMILES string of the molecule is O=C(C=Cc1ccc(-c2ccc(Cl)cc2)o1)NC(=S)Nc1ccc(N2CCN(c3c(F)c(F)c(F)c(F)c3F)CC2)cc1. The normalized spacial score (nSPS) is 13.4. The van der Waals surface area contributed by atoms with E-state index < -0.39 is 40.7 Å². The van der Waals surface area contributed by atoms with E-state index in [9.17, 15) is 26.7 Å². The molecule has 0 unspecified atom stereocenters. The van der Waals surface area contributed by atoms with E-state index in [0.717, 1.165) is 16.2 Å². The van der Waals surface area contributed by atoms with Crippen LogP contribution in [-0.2, 0) is 4.79 Å². The molecule has 1 amide bonds. The zero-order valence-corrected chi connectivity index (χ0v) is 23.7. The number of hydrogen-bond acceptors (Lipinski definition) is 5. The number of rotatable bonds is 6. The second kappa shape index (κ2) is 12.8. The van der Waals surface area contributed by atoms with Gasteiger partial charge >= 0.3 is 0 Å². The summed E-state index contributed by atoms with van der Waals surface area (Å²) in [5.74, 6) is -9.17. The van der Waals surface area contributed by atoms with Crippen molar-refractivity contribution in [3.63, 3.8) is 0 Å². The molecule has 1 saturated heterocycles. The predicted molar refractivity (Wildman–Crippen MR) is 160 cm³/mol. The maximum atomic E-state index is 14.2. The maximum Gasteiger partial charge on any atom is 0.250 e. The molecule has 3 aromatic carbocycles. The highest BCUT2D eigenvalue weighted by Gasteiger charge is 2.30. The van der Waals surface area contributed by atoms with Gasteiger partial charge in [0.1, 0.15) is 17.2 Å². The minimum Gasteiger partial charge on any atom is -0.457 e. The van der Waals surface area contributed by atoms with Crippen molar-refractivity contribution in [2.45, 2.75) is 0 Å². The number of nitrogens with one attached hydrogen (secondary N) is 2. The fourth-order valence-corrected chi connectivity index (χ4v) is 4.84. The summed E-state index contributed by atoms with van der Waals surface area (Å²) < 4.78 is 74.8. The Morgan fingerprint density at radius 2 is 1.37 bits per heavy atom. The number of furan rings is 1. The van der Waals surface area contributed by atoms with Gasteiger partial charge in [-0.1, -0.05) is 11.6 Å². The third kappa shape index (κ3) is 6.81. The Morgan fingerprint density at radius 1 is 0.791 bits per heavy atom. The van der Waals surface area contributed by atoms with Gasteiger partial charge in [-0.3, -0.25) is 10.1 Å². The van der Waals surface area contributed by atoms with Gasteiger partial charge in [0.2, 0.25) is 11.7 Å². The van der Waals surface area contributed by atoms with E-state index in [1.54, 1.807) is 48.5 Å². The van der Waals surface area contributed by atoms with E-state index in [1.165, 1.54) is 12.2 Å². The van der Waals surface area contributed by atoms with Crippen molar-refractivity contribution in [3.05, 3.63) is 107 Å². The van der Waals surface area contributed by atoms with Crippen molar-refractivity contribution < 1.29 is 31.2 Å². The molecule has 0 aliphatic carbocycles. The zero-order chi connectivity index (χ0) is 30.7. The molecule has 0 radical (unpaired) electrons. The van der Waals surface area contributed by atoms with Crippen LogP contribution in [0.25, 0.3) is 17.4 Å². The Labute approximate surface area is 253 Å². The molecule has 5 rings (SSSR count). The van der Waals surface area contributed by atoms with E-state index >= 15 is 0 Å². The van der Waals surface area contributed by atoms with Crippen molar-refractivity contribution in [2.75, 3.05) is 41.3 Å². The van der Waals surface area contributed by atoms with Crippen molar-refractivity contribution in [2.24, 2.45) is 0 Å². The number of piperazine rings is 1. The fourth-order valence-electron chi connectivity index (χ4n) is 4.50. The molecule has 1 aliphatic heterocycles. The van der Waals surface area contributed by atoms with Gasteiger partial charge in [0, 0.05) is 54.2 Å². The van der Waals surface area contributed by atoms with Gasteiger partial charge in [-0.05, 0) is 79.0 Å². The first-order chi connectivity index (χ1) is 20.6. The summed E-state index contributed by atoms with van der Waals surface area (Å²) in [6.07, 6.45) is 2.80. The summed E-state index contributed by atoms with van der Waals surface area (Å²) in [5.41, 5.74) is 1.29. The van der Waals surface area contributed by atoms with Crippen LogP contribution in [-0.4, -0.2) is 37.2 Å². The molecule has 0 spiro atoms. The van der Waals surface area contributed by atoms with Gasteiger partial charge in [0.15, 0.2) is 28.4 Å². The molecule has 2 N–H and O–H groups in total. The molecule has 1 fully saturated rings. The maximum absolute atomic E-state index is 14.2. The Kier molecular flexibility index (Phi) is 8.97. The molecule has 2 heterocycles. The molecule has 0 atom stereocenters. The summed E-state index contributed by atoms with van der Waals surface area (Å²) in [7, 11) is 0. The topological polar surface area (TPSA) is 60.8 Å². The Balaban J connectivity index is 1.11. The molecule has 6 nitrogen and oxygen atoms in total. The molecule has 1 aliphatic rings. The van der Waals surface area contributed by atoms with E-state index in [1.807, 2.05) is 17.0 Å². The largest absolute Gasteiger partial charge is 0.457 e. The molecule has 1 aromatic heterocycles. The van der Waals surface area contributed by atoms with Crippen LogP contribution in [0.3, 0.4) is 0 Å². The highest BCUT2D eigenvalue weighted by Crippen LogP contribution is 2.31. The first kappa shape index (κ1) is 30.1. The summed E-state index contributed by atoms with van der Waals surface area (Å²) >= 11 is 11.1. The first-order valence-electron chi connectivity index (χ1n) is 12.9. The van der Waals surface area contributed by atoms with Crippen LogP contribution in [0, 0.1) is 29.1 Å². The predicted octanol–water partition coefficient (Wildman–Crippen LogP) is 7.15. The van der Waals surface area contributed by atoms with E-state index in [0.29, 0.717) is 22.2 Å². The molecule has 43 heavy (non-hydrogen) atoms. The molecule has 4 aromatic rings. The van der Waals surface area contributed by atoms with Crippen LogP contribution in [0.4, 0.5) is 39.0 Å². The average Bonchev–Trinajstić information content (AvgIpc) is 3.48. The van der Waals surface area contributed by atoms with E-state index in [4.69, 9.17) is 28.2 Å². The number of carbonyl (C=O) groups is 1. The van der Waals surface area contributed by atoms with Gasteiger partial charge in [0.25, 0.3) is 0 Å². The van der Waals surface area contributed by atoms with Crippen molar-refractivity contribution in [3.8, 4) is 11.3 Å². The monoisotopic (exact) mass is 632 g/mol. The lowest BCUT2D eigenvalue weighted by Crippen LogP contribution is -2.47. The Bertz CT molecular complexity index is 1660. The summed E-state index contributed by atoms with van der Waals surface area (Å²) in [6.45, 7) is 0.652. The smallest absolute Gasteiger partial charge is 0.250 e. The number of anilines is 3. The number of carbonyl (C=O) groups excluding carboxylic acids is 1. The van der Waals surface area contributed by atoms with Crippen LogP contribution in [0.5, 0.6) is 0 Å². The molecule has 0 saturated carbocycles. The molecule has 222 valence electrons. The summed E-state index contributed by atoms with van der Waals surface area (Å²) in [6, 6.07) is 17.7. The summed E-state index contributed by atoms with van der Waals surface area (Å²) in [4.78, 5) is 15.4. The quantitative estimate of drug-likeness (QED) is 0.0774. The average molecular weight is 633 g/mol. The Morgan fingerprint density at radius 3 is 2.00 bits per heavy atom. The van der Waals surface area contributed by atoms with Crippen LogP contribution in [0.1, 0.15) is 5.76 Å². The van der Waals surface area contributed by atoms with Gasteiger partial charge in [-0.25, -0.2) is 22.0 Å². The number of benzene rings is 3. The number of thiocarbonyl (C=S) groups is 1. The fraction of sp³-hybridized carbons (Fsp3) is 0.133. The van der Waals surface area contributed by atoms with Crippen LogP contribution in [0.15, 0.2) is 71.2 Å². The van der Waals surface area contributed by atoms with E-state index in [-0.39, 0.29) is 31.3 Å². The van der Waals surface area contributed by atoms with Crippen LogP contribution >= 0.6 is 23.8 Å². The molecule has 13 heteroatoms. The third-order valence-electron chi connectivity index (χ3n) is 6.66.